The maximum absolute atomic E-state index is 11.3. The maximum atomic E-state index is 11.3. The first-order chi connectivity index (χ1) is 9.53. The Hall–Kier alpha value is -1.75. The number of hydrogen-bond donors (Lipinski definition) is 2. The number of carbonyl (C=O) groups is 1. The van der Waals surface area contributed by atoms with Crippen LogP contribution in [0.25, 0.3) is 0 Å². The topological polar surface area (TPSA) is 67.8 Å². The first-order valence-corrected chi connectivity index (χ1v) is 6.77. The minimum atomic E-state index is -0.974. The molecule has 1 aromatic rings. The van der Waals surface area contributed by atoms with Gasteiger partial charge in [-0.15, -0.1) is 0 Å². The fourth-order valence-corrected chi connectivity index (χ4v) is 1.77. The van der Waals surface area contributed by atoms with Crippen LogP contribution in [-0.2, 0) is 4.79 Å². The zero-order valence-electron chi connectivity index (χ0n) is 12.3. The normalized spacial score (nSPS) is 13.6. The van der Waals surface area contributed by atoms with Gasteiger partial charge in [0, 0.05) is 6.42 Å². The Morgan fingerprint density at radius 3 is 2.55 bits per heavy atom. The van der Waals surface area contributed by atoms with Crippen molar-refractivity contribution < 1.29 is 19.4 Å². The van der Waals surface area contributed by atoms with Gasteiger partial charge in [0.1, 0.15) is 5.54 Å². The number of hydrogen-bond acceptors (Lipinski definition) is 4. The van der Waals surface area contributed by atoms with Gasteiger partial charge in [0.15, 0.2) is 11.5 Å². The number of ether oxygens (including phenoxy) is 2. The smallest absolute Gasteiger partial charge is 0.323 e. The highest BCUT2D eigenvalue weighted by Crippen LogP contribution is 2.26. The molecule has 20 heavy (non-hydrogen) atoms. The van der Waals surface area contributed by atoms with E-state index in [0.717, 1.165) is 6.42 Å². The number of para-hydroxylation sites is 2. The molecule has 5 heteroatoms. The second-order valence-electron chi connectivity index (χ2n) is 4.81. The van der Waals surface area contributed by atoms with Crippen molar-refractivity contribution in [1.82, 2.24) is 5.32 Å². The fourth-order valence-electron chi connectivity index (χ4n) is 1.77. The van der Waals surface area contributed by atoms with Crippen LogP contribution in [0.5, 0.6) is 11.5 Å². The second kappa shape index (κ2) is 7.75. The van der Waals surface area contributed by atoms with Gasteiger partial charge in [-0.05, 0) is 32.0 Å². The monoisotopic (exact) mass is 281 g/mol. The van der Waals surface area contributed by atoms with E-state index in [1.807, 2.05) is 19.1 Å². The van der Waals surface area contributed by atoms with Gasteiger partial charge in [0.25, 0.3) is 0 Å². The standard InChI is InChI=1S/C15H23NO4/c1-4-10-16-15(2,14(17)18)9-11-20-13-8-6-5-7-12(13)19-3/h5-8,16H,4,9-11H2,1-3H3,(H,17,18). The molecule has 0 saturated heterocycles. The molecule has 5 nitrogen and oxygen atoms in total. The van der Waals surface area contributed by atoms with E-state index in [1.54, 1.807) is 26.2 Å². The van der Waals surface area contributed by atoms with Crippen molar-refractivity contribution >= 4 is 5.97 Å². The maximum Gasteiger partial charge on any atom is 0.323 e. The van der Waals surface area contributed by atoms with Gasteiger partial charge in [-0.2, -0.15) is 0 Å². The Labute approximate surface area is 119 Å². The third kappa shape index (κ3) is 4.42. The molecule has 0 heterocycles. The Kier molecular flexibility index (Phi) is 6.31. The molecule has 1 aromatic carbocycles. The molecular formula is C15H23NO4. The van der Waals surface area contributed by atoms with E-state index in [-0.39, 0.29) is 0 Å². The second-order valence-corrected chi connectivity index (χ2v) is 4.81. The van der Waals surface area contributed by atoms with Crippen LogP contribution < -0.4 is 14.8 Å². The minimum Gasteiger partial charge on any atom is -0.493 e. The Morgan fingerprint density at radius 1 is 1.35 bits per heavy atom. The zero-order chi connectivity index (χ0) is 15.0. The molecule has 0 bridgehead atoms. The lowest BCUT2D eigenvalue weighted by Gasteiger charge is -2.26. The largest absolute Gasteiger partial charge is 0.493 e. The summed E-state index contributed by atoms with van der Waals surface area (Å²) in [6.07, 6.45) is 1.26. The van der Waals surface area contributed by atoms with Crippen molar-refractivity contribution in [3.05, 3.63) is 24.3 Å². The Bertz CT molecular complexity index is 436. The lowest BCUT2D eigenvalue weighted by atomic mass is 9.98. The van der Waals surface area contributed by atoms with Crippen LogP contribution in [0, 0.1) is 0 Å². The van der Waals surface area contributed by atoms with Gasteiger partial charge >= 0.3 is 5.97 Å². The molecule has 0 spiro atoms. The highest BCUT2D eigenvalue weighted by Gasteiger charge is 2.32. The minimum absolute atomic E-state index is 0.305. The number of carboxylic acids is 1. The molecule has 0 saturated carbocycles. The SMILES string of the molecule is CCCNC(C)(CCOc1ccccc1OC)C(=O)O. The molecule has 2 N–H and O–H groups in total. The molecule has 0 radical (unpaired) electrons. The van der Waals surface area contributed by atoms with E-state index >= 15 is 0 Å². The van der Waals surface area contributed by atoms with Crippen LogP contribution in [0.1, 0.15) is 26.7 Å². The molecule has 0 amide bonds. The first-order valence-electron chi connectivity index (χ1n) is 6.77. The van der Waals surface area contributed by atoms with Gasteiger partial charge in [0.05, 0.1) is 13.7 Å². The summed E-state index contributed by atoms with van der Waals surface area (Å²) in [5, 5.41) is 12.4. The van der Waals surface area contributed by atoms with Gasteiger partial charge < -0.3 is 19.9 Å². The first kappa shape index (κ1) is 16.3. The summed E-state index contributed by atoms with van der Waals surface area (Å²) in [6, 6.07) is 7.32. The predicted octanol–water partition coefficient (Wildman–Crippen LogP) is 2.31. The number of rotatable bonds is 9. The number of benzene rings is 1. The summed E-state index contributed by atoms with van der Waals surface area (Å²) in [5.74, 6) is 0.402. The lowest BCUT2D eigenvalue weighted by molar-refractivity contribution is -0.144. The highest BCUT2D eigenvalue weighted by atomic mass is 16.5. The summed E-state index contributed by atoms with van der Waals surface area (Å²) in [4.78, 5) is 11.3. The van der Waals surface area contributed by atoms with E-state index in [1.165, 1.54) is 0 Å². The van der Waals surface area contributed by atoms with Crippen molar-refractivity contribution in [3.8, 4) is 11.5 Å². The Morgan fingerprint density at radius 2 is 2.00 bits per heavy atom. The van der Waals surface area contributed by atoms with Crippen LogP contribution in [0.2, 0.25) is 0 Å². The van der Waals surface area contributed by atoms with Crippen molar-refractivity contribution in [2.24, 2.45) is 0 Å². The zero-order valence-corrected chi connectivity index (χ0v) is 12.3. The van der Waals surface area contributed by atoms with E-state index < -0.39 is 11.5 Å². The van der Waals surface area contributed by atoms with E-state index in [0.29, 0.717) is 31.1 Å². The summed E-state index contributed by atoms with van der Waals surface area (Å²) in [5.41, 5.74) is -0.974. The number of methoxy groups -OCH3 is 1. The molecule has 0 aliphatic carbocycles. The fraction of sp³-hybridized carbons (Fsp3) is 0.533. The van der Waals surface area contributed by atoms with Gasteiger partial charge in [-0.1, -0.05) is 19.1 Å². The molecule has 0 fully saturated rings. The molecule has 0 aliphatic heterocycles. The summed E-state index contributed by atoms with van der Waals surface area (Å²) in [7, 11) is 1.58. The van der Waals surface area contributed by atoms with Gasteiger partial charge in [-0.3, -0.25) is 4.79 Å². The average Bonchev–Trinajstić information content (AvgIpc) is 2.45. The lowest BCUT2D eigenvalue weighted by Crippen LogP contribution is -2.50. The van der Waals surface area contributed by atoms with Crippen LogP contribution in [0.4, 0.5) is 0 Å². The number of carboxylic acid groups (broad SMARTS) is 1. The molecule has 1 unspecified atom stereocenters. The third-order valence-corrected chi connectivity index (χ3v) is 3.17. The Balaban J connectivity index is 2.58. The van der Waals surface area contributed by atoms with Crippen LogP contribution >= 0.6 is 0 Å². The molecule has 112 valence electrons. The molecule has 0 aromatic heterocycles. The molecule has 0 aliphatic rings. The van der Waals surface area contributed by atoms with Crippen LogP contribution in [0.3, 0.4) is 0 Å². The van der Waals surface area contributed by atoms with E-state index in [9.17, 15) is 9.90 Å². The highest BCUT2D eigenvalue weighted by molar-refractivity contribution is 5.78. The molecule has 1 atom stereocenters. The number of nitrogens with one attached hydrogen (secondary N) is 1. The van der Waals surface area contributed by atoms with Gasteiger partial charge in [0.2, 0.25) is 0 Å². The van der Waals surface area contributed by atoms with Crippen molar-refractivity contribution in [3.63, 3.8) is 0 Å². The summed E-state index contributed by atoms with van der Waals surface area (Å²) >= 11 is 0. The predicted molar refractivity (Wildman–Crippen MR) is 77.4 cm³/mol. The number of aliphatic carboxylic acids is 1. The average molecular weight is 281 g/mol. The van der Waals surface area contributed by atoms with Crippen molar-refractivity contribution in [2.75, 3.05) is 20.3 Å². The summed E-state index contributed by atoms with van der Waals surface area (Å²) < 4.78 is 10.8. The van der Waals surface area contributed by atoms with Crippen LogP contribution in [-0.4, -0.2) is 36.9 Å². The molecular weight excluding hydrogens is 258 g/mol. The quantitative estimate of drug-likeness (QED) is 0.727. The molecule has 1 rings (SSSR count). The van der Waals surface area contributed by atoms with E-state index in [2.05, 4.69) is 5.32 Å². The third-order valence-electron chi connectivity index (χ3n) is 3.17. The van der Waals surface area contributed by atoms with Crippen molar-refractivity contribution in [1.29, 1.82) is 0 Å². The summed E-state index contributed by atoms with van der Waals surface area (Å²) in [6.45, 7) is 4.65. The van der Waals surface area contributed by atoms with E-state index in [4.69, 9.17) is 9.47 Å². The van der Waals surface area contributed by atoms with Crippen LogP contribution in [0.15, 0.2) is 24.3 Å². The van der Waals surface area contributed by atoms with Crippen molar-refractivity contribution in [2.45, 2.75) is 32.2 Å². The van der Waals surface area contributed by atoms with Gasteiger partial charge in [-0.25, -0.2) is 0 Å².